The van der Waals surface area contributed by atoms with Crippen LogP contribution in [0.1, 0.15) is 13.3 Å². The second-order valence-electron chi connectivity index (χ2n) is 5.92. The number of imidazole rings is 1. The number of likely N-dealkylation sites (tertiary alicyclic amines) is 1. The van der Waals surface area contributed by atoms with Crippen molar-refractivity contribution >= 4 is 11.2 Å². The van der Waals surface area contributed by atoms with Gasteiger partial charge >= 0.3 is 0 Å². The quantitative estimate of drug-likeness (QED) is 0.742. The molecule has 0 saturated carbocycles. The SMILES string of the molecule is CCN1CCC(Cn2c(-c3ccco3)nc3cccnc32)C1. The number of nitrogens with zero attached hydrogens (tertiary/aromatic N) is 4. The van der Waals surface area contributed by atoms with Gasteiger partial charge in [0.2, 0.25) is 0 Å². The third kappa shape index (κ3) is 2.31. The van der Waals surface area contributed by atoms with Gasteiger partial charge in [-0.2, -0.15) is 0 Å². The van der Waals surface area contributed by atoms with Crippen LogP contribution in [0.25, 0.3) is 22.7 Å². The van der Waals surface area contributed by atoms with Gasteiger partial charge in [0.15, 0.2) is 17.2 Å². The molecule has 3 aromatic rings. The lowest BCUT2D eigenvalue weighted by molar-refractivity contribution is 0.333. The third-order valence-electron chi connectivity index (χ3n) is 4.50. The molecule has 5 heteroatoms. The van der Waals surface area contributed by atoms with Crippen LogP contribution in [0.4, 0.5) is 0 Å². The first-order chi connectivity index (χ1) is 10.8. The molecular formula is C17H20N4O. The Morgan fingerprint density at radius 3 is 3.05 bits per heavy atom. The Bertz CT molecular complexity index is 762. The van der Waals surface area contributed by atoms with Crippen LogP contribution in [0.3, 0.4) is 0 Å². The number of hydrogen-bond donors (Lipinski definition) is 0. The van der Waals surface area contributed by atoms with E-state index in [0.717, 1.165) is 42.4 Å². The topological polar surface area (TPSA) is 47.1 Å². The summed E-state index contributed by atoms with van der Waals surface area (Å²) in [6, 6.07) is 7.81. The molecule has 0 spiro atoms. The first-order valence-electron chi connectivity index (χ1n) is 7.92. The van der Waals surface area contributed by atoms with E-state index in [4.69, 9.17) is 9.40 Å². The maximum Gasteiger partial charge on any atom is 0.178 e. The zero-order valence-corrected chi connectivity index (χ0v) is 12.8. The van der Waals surface area contributed by atoms with Crippen LogP contribution in [0, 0.1) is 5.92 Å². The Kier molecular flexibility index (Phi) is 3.42. The van der Waals surface area contributed by atoms with E-state index in [1.54, 1.807) is 6.26 Å². The highest BCUT2D eigenvalue weighted by molar-refractivity contribution is 5.75. The van der Waals surface area contributed by atoms with Crippen molar-refractivity contribution in [3.8, 4) is 11.6 Å². The maximum absolute atomic E-state index is 5.58. The molecule has 5 nitrogen and oxygen atoms in total. The molecule has 22 heavy (non-hydrogen) atoms. The first kappa shape index (κ1) is 13.5. The van der Waals surface area contributed by atoms with Gasteiger partial charge in [0.25, 0.3) is 0 Å². The number of hydrogen-bond acceptors (Lipinski definition) is 4. The highest BCUT2D eigenvalue weighted by Gasteiger charge is 2.24. The molecule has 1 aliphatic rings. The predicted molar refractivity (Wildman–Crippen MR) is 85.5 cm³/mol. The number of aromatic nitrogens is 3. The fourth-order valence-corrected chi connectivity index (χ4v) is 3.33. The van der Waals surface area contributed by atoms with Crippen molar-refractivity contribution in [1.82, 2.24) is 19.4 Å². The number of furan rings is 1. The monoisotopic (exact) mass is 296 g/mol. The summed E-state index contributed by atoms with van der Waals surface area (Å²) >= 11 is 0. The van der Waals surface area contributed by atoms with Crippen LogP contribution in [0.2, 0.25) is 0 Å². The highest BCUT2D eigenvalue weighted by atomic mass is 16.3. The smallest absolute Gasteiger partial charge is 0.178 e. The second kappa shape index (κ2) is 5.57. The Balaban J connectivity index is 1.73. The van der Waals surface area contributed by atoms with Gasteiger partial charge in [-0.15, -0.1) is 0 Å². The standard InChI is InChI=1S/C17H20N4O/c1-2-20-9-7-13(11-20)12-21-16-14(5-3-8-18-16)19-17(21)15-6-4-10-22-15/h3-6,8,10,13H,2,7,9,11-12H2,1H3. The maximum atomic E-state index is 5.58. The van der Waals surface area contributed by atoms with Gasteiger partial charge in [0.05, 0.1) is 6.26 Å². The van der Waals surface area contributed by atoms with Crippen molar-refractivity contribution in [1.29, 1.82) is 0 Å². The predicted octanol–water partition coefficient (Wildman–Crippen LogP) is 3.03. The van der Waals surface area contributed by atoms with Crippen molar-refractivity contribution in [2.45, 2.75) is 19.9 Å². The van der Waals surface area contributed by atoms with Crippen LogP contribution >= 0.6 is 0 Å². The van der Waals surface area contributed by atoms with Crippen molar-refractivity contribution in [2.75, 3.05) is 19.6 Å². The lowest BCUT2D eigenvalue weighted by Crippen LogP contribution is -2.21. The summed E-state index contributed by atoms with van der Waals surface area (Å²) in [7, 11) is 0. The van der Waals surface area contributed by atoms with Crippen molar-refractivity contribution in [3.05, 3.63) is 36.7 Å². The van der Waals surface area contributed by atoms with E-state index in [0.29, 0.717) is 5.92 Å². The zero-order valence-electron chi connectivity index (χ0n) is 12.8. The van der Waals surface area contributed by atoms with E-state index in [9.17, 15) is 0 Å². The molecule has 0 aliphatic carbocycles. The Morgan fingerprint density at radius 2 is 2.27 bits per heavy atom. The molecular weight excluding hydrogens is 276 g/mol. The summed E-state index contributed by atoms with van der Waals surface area (Å²) in [5.74, 6) is 2.34. The molecule has 1 unspecified atom stereocenters. The van der Waals surface area contributed by atoms with Crippen molar-refractivity contribution in [3.63, 3.8) is 0 Å². The highest BCUT2D eigenvalue weighted by Crippen LogP contribution is 2.27. The lowest BCUT2D eigenvalue weighted by atomic mass is 10.1. The summed E-state index contributed by atoms with van der Waals surface area (Å²) in [5, 5.41) is 0. The average Bonchev–Trinajstić information content (AvgIpc) is 3.27. The molecule has 1 saturated heterocycles. The Labute approximate surface area is 129 Å². The summed E-state index contributed by atoms with van der Waals surface area (Å²) in [4.78, 5) is 11.8. The minimum absolute atomic E-state index is 0.646. The molecule has 1 aliphatic heterocycles. The minimum Gasteiger partial charge on any atom is -0.461 e. The van der Waals surface area contributed by atoms with Crippen LogP contribution in [-0.2, 0) is 6.54 Å². The lowest BCUT2D eigenvalue weighted by Gasteiger charge is -2.15. The molecule has 114 valence electrons. The van der Waals surface area contributed by atoms with E-state index in [1.807, 2.05) is 30.5 Å². The van der Waals surface area contributed by atoms with Gasteiger partial charge in [0.1, 0.15) is 5.52 Å². The number of pyridine rings is 1. The molecule has 3 aromatic heterocycles. The largest absolute Gasteiger partial charge is 0.461 e. The Morgan fingerprint density at radius 1 is 1.32 bits per heavy atom. The van der Waals surface area contributed by atoms with Crippen LogP contribution in [0.5, 0.6) is 0 Å². The zero-order chi connectivity index (χ0) is 14.9. The van der Waals surface area contributed by atoms with E-state index >= 15 is 0 Å². The van der Waals surface area contributed by atoms with E-state index in [1.165, 1.54) is 13.0 Å². The summed E-state index contributed by atoms with van der Waals surface area (Å²) in [6.45, 7) is 6.65. The van der Waals surface area contributed by atoms with Crippen molar-refractivity contribution < 1.29 is 4.42 Å². The summed E-state index contributed by atoms with van der Waals surface area (Å²) < 4.78 is 7.80. The first-order valence-corrected chi connectivity index (χ1v) is 7.92. The van der Waals surface area contributed by atoms with Gasteiger partial charge in [-0.1, -0.05) is 6.92 Å². The molecule has 0 bridgehead atoms. The normalized spacial score (nSPS) is 19.2. The number of rotatable bonds is 4. The van der Waals surface area contributed by atoms with Crippen molar-refractivity contribution in [2.24, 2.45) is 5.92 Å². The Hall–Kier alpha value is -2.14. The van der Waals surface area contributed by atoms with E-state index < -0.39 is 0 Å². The molecule has 0 aromatic carbocycles. The average molecular weight is 296 g/mol. The van der Waals surface area contributed by atoms with E-state index in [2.05, 4.69) is 21.4 Å². The fraction of sp³-hybridized carbons (Fsp3) is 0.412. The fourth-order valence-electron chi connectivity index (χ4n) is 3.33. The molecule has 0 radical (unpaired) electrons. The van der Waals surface area contributed by atoms with Crippen LogP contribution < -0.4 is 0 Å². The molecule has 0 amide bonds. The van der Waals surface area contributed by atoms with Crippen LogP contribution in [0.15, 0.2) is 41.1 Å². The van der Waals surface area contributed by atoms with Gasteiger partial charge in [0, 0.05) is 19.3 Å². The van der Waals surface area contributed by atoms with Gasteiger partial charge < -0.3 is 13.9 Å². The second-order valence-corrected chi connectivity index (χ2v) is 5.92. The molecule has 4 rings (SSSR count). The summed E-state index contributed by atoms with van der Waals surface area (Å²) in [5.41, 5.74) is 1.88. The number of fused-ring (bicyclic) bond motifs is 1. The minimum atomic E-state index is 0.646. The van der Waals surface area contributed by atoms with Crippen LogP contribution in [-0.4, -0.2) is 39.1 Å². The molecule has 4 heterocycles. The van der Waals surface area contributed by atoms with Gasteiger partial charge in [-0.25, -0.2) is 9.97 Å². The third-order valence-corrected chi connectivity index (χ3v) is 4.50. The molecule has 1 atom stereocenters. The molecule has 1 fully saturated rings. The van der Waals surface area contributed by atoms with E-state index in [-0.39, 0.29) is 0 Å². The molecule has 0 N–H and O–H groups in total. The van der Waals surface area contributed by atoms with Gasteiger partial charge in [-0.3, -0.25) is 0 Å². The van der Waals surface area contributed by atoms with Gasteiger partial charge in [-0.05, 0) is 49.7 Å². The summed E-state index contributed by atoms with van der Waals surface area (Å²) in [6.07, 6.45) is 4.76.